The fourth-order valence-corrected chi connectivity index (χ4v) is 5.55. The Morgan fingerprint density at radius 2 is 1.14 bits per heavy atom. The van der Waals surface area contributed by atoms with Gasteiger partial charge in [-0.15, -0.1) is 0 Å². The summed E-state index contributed by atoms with van der Waals surface area (Å²) in [5, 5.41) is 19.9. The van der Waals surface area contributed by atoms with E-state index in [4.69, 9.17) is 24.3 Å². The van der Waals surface area contributed by atoms with E-state index in [0.29, 0.717) is 32.1 Å². The van der Waals surface area contributed by atoms with Crippen molar-refractivity contribution in [2.75, 3.05) is 26.4 Å². The van der Waals surface area contributed by atoms with Gasteiger partial charge in [0, 0.05) is 19.4 Å². The van der Waals surface area contributed by atoms with Gasteiger partial charge in [-0.05, 0) is 70.6 Å². The molecule has 322 valence electrons. The quantitative estimate of drug-likeness (QED) is 0.0156. The van der Waals surface area contributed by atoms with Crippen LogP contribution < -0.4 is 5.73 Å². The van der Waals surface area contributed by atoms with Crippen molar-refractivity contribution in [2.24, 2.45) is 5.73 Å². The monoisotopic (exact) mass is 817 g/mol. The minimum Gasteiger partial charge on any atom is -0.462 e. The summed E-state index contributed by atoms with van der Waals surface area (Å²) in [5.74, 6) is -1.03. The molecule has 0 aromatic heterocycles. The topological polar surface area (TPSA) is 175 Å². The summed E-state index contributed by atoms with van der Waals surface area (Å²) in [7, 11) is -4.44. The summed E-state index contributed by atoms with van der Waals surface area (Å²) in [5.41, 5.74) is 5.33. The lowest BCUT2D eigenvalue weighted by atomic mass is 10.1. The lowest BCUT2D eigenvalue weighted by Gasteiger charge is -2.19. The van der Waals surface area contributed by atoms with Crippen molar-refractivity contribution in [3.63, 3.8) is 0 Å². The van der Waals surface area contributed by atoms with Crippen LogP contribution in [0.1, 0.15) is 117 Å². The fraction of sp³-hybridized carbons (Fsp3) is 0.556. The molecule has 0 fully saturated rings. The maximum Gasteiger partial charge on any atom is 0.472 e. The van der Waals surface area contributed by atoms with Gasteiger partial charge >= 0.3 is 19.8 Å². The van der Waals surface area contributed by atoms with E-state index in [2.05, 4.69) is 43.4 Å². The van der Waals surface area contributed by atoms with Crippen molar-refractivity contribution in [1.82, 2.24) is 0 Å². The summed E-state index contributed by atoms with van der Waals surface area (Å²) in [6.45, 7) is 3.16. The first-order valence-corrected chi connectivity index (χ1v) is 22.1. The Kier molecular flexibility index (Phi) is 37.1. The third-order valence-corrected chi connectivity index (χ3v) is 8.82. The molecule has 1 unspecified atom stereocenters. The second-order valence-corrected chi connectivity index (χ2v) is 14.6. The van der Waals surface area contributed by atoms with Crippen LogP contribution in [0, 0.1) is 0 Å². The summed E-state index contributed by atoms with van der Waals surface area (Å²) >= 11 is 0. The molecule has 4 atom stereocenters. The molecule has 57 heavy (non-hydrogen) atoms. The van der Waals surface area contributed by atoms with Crippen LogP contribution >= 0.6 is 7.82 Å². The predicted octanol–water partition coefficient (Wildman–Crippen LogP) is 9.54. The van der Waals surface area contributed by atoms with Crippen LogP contribution in [-0.2, 0) is 32.7 Å². The van der Waals surface area contributed by atoms with Crippen LogP contribution in [0.3, 0.4) is 0 Å². The van der Waals surface area contributed by atoms with Gasteiger partial charge in [0.15, 0.2) is 6.10 Å². The minimum atomic E-state index is -4.44. The number of carbonyl (C=O) groups excluding carboxylic acids is 2. The van der Waals surface area contributed by atoms with Gasteiger partial charge in [-0.25, -0.2) is 4.57 Å². The maximum absolute atomic E-state index is 12.5. The molecule has 0 amide bonds. The predicted molar refractivity (Wildman–Crippen MR) is 231 cm³/mol. The molecule has 0 aliphatic carbocycles. The molecule has 0 aromatic carbocycles. The van der Waals surface area contributed by atoms with Crippen LogP contribution in [0.25, 0.3) is 0 Å². The van der Waals surface area contributed by atoms with Crippen molar-refractivity contribution < 1.29 is 47.8 Å². The van der Waals surface area contributed by atoms with Gasteiger partial charge < -0.3 is 30.3 Å². The molecule has 0 heterocycles. The number of nitrogens with two attached hydrogens (primary N) is 1. The highest BCUT2D eigenvalue weighted by Gasteiger charge is 2.25. The largest absolute Gasteiger partial charge is 0.472 e. The van der Waals surface area contributed by atoms with Crippen LogP contribution in [0.5, 0.6) is 0 Å². The number of hydrogen-bond acceptors (Lipinski definition) is 10. The van der Waals surface area contributed by atoms with E-state index in [9.17, 15) is 29.3 Å². The number of unbranched alkanes of at least 4 members (excludes halogenated alkanes) is 5. The fourth-order valence-electron chi connectivity index (χ4n) is 4.79. The Morgan fingerprint density at radius 3 is 1.77 bits per heavy atom. The summed E-state index contributed by atoms with van der Waals surface area (Å²) in [6, 6.07) is 0. The molecular weight excluding hydrogens is 745 g/mol. The van der Waals surface area contributed by atoms with E-state index in [1.165, 1.54) is 0 Å². The number of rotatable bonds is 36. The Balaban J connectivity index is 4.49. The first-order chi connectivity index (χ1) is 27.6. The molecule has 12 heteroatoms. The first kappa shape index (κ1) is 53.6. The summed E-state index contributed by atoms with van der Waals surface area (Å²) in [6.07, 6.45) is 44.8. The number of phosphoric acid groups is 1. The molecule has 0 aromatic rings. The van der Waals surface area contributed by atoms with Crippen molar-refractivity contribution in [3.8, 4) is 0 Å². The lowest BCUT2D eigenvalue weighted by Crippen LogP contribution is -2.29. The summed E-state index contributed by atoms with van der Waals surface area (Å²) < 4.78 is 32.6. The molecule has 0 radical (unpaired) electrons. The minimum absolute atomic E-state index is 0.0146. The molecule has 0 bridgehead atoms. The molecule has 5 N–H and O–H groups in total. The van der Waals surface area contributed by atoms with E-state index in [-0.39, 0.29) is 32.6 Å². The van der Waals surface area contributed by atoms with E-state index in [0.717, 1.165) is 57.8 Å². The van der Waals surface area contributed by atoms with E-state index in [1.54, 1.807) is 36.5 Å². The van der Waals surface area contributed by atoms with Gasteiger partial charge in [0.2, 0.25) is 0 Å². The standard InChI is InChI=1S/C45H72NO10P/c1-3-5-7-8-9-10-11-12-13-14-15-16-17-21-29-35-44(49)53-39-43(40-55-57(51,52)54-38-37-46)56-45(50)36-30-22-19-18-20-26-32-42(48)34-28-24-23-27-33-41(47)31-25-6-4-2/h5-7,9-10,12-13,19-20,22-28,33-34,41-43,47-48H,3-4,8,11,14-18,21,29-32,35-40,46H2,1-2H3,(H,51,52)/b7-5-,10-9-,13-12-,22-19-,24-23-,25-6-,26-20-,33-27+,34-28+/t41-,42+,43+/m0/s1. The highest BCUT2D eigenvalue weighted by Crippen LogP contribution is 2.43. The SMILES string of the molecule is CC/C=C\C/C=C\C/C=C\CCCCCCCC(=O)OC[C@H](COP(=O)(O)OCCN)OC(=O)CC/C=C\C/C=C\C[C@@H](O)/C=C/C=C\C=C\[C@@H](O)C/C=C\CC. The zero-order valence-electron chi connectivity index (χ0n) is 34.5. The molecule has 0 saturated carbocycles. The molecule has 0 aliphatic rings. The molecule has 0 spiro atoms. The van der Waals surface area contributed by atoms with Gasteiger partial charge in [0.25, 0.3) is 0 Å². The van der Waals surface area contributed by atoms with Crippen LogP contribution in [0.15, 0.2) is 109 Å². The zero-order valence-corrected chi connectivity index (χ0v) is 35.4. The summed E-state index contributed by atoms with van der Waals surface area (Å²) in [4.78, 5) is 34.8. The number of aliphatic hydroxyl groups is 2. The highest BCUT2D eigenvalue weighted by molar-refractivity contribution is 7.47. The zero-order chi connectivity index (χ0) is 42.1. The Bertz CT molecular complexity index is 1330. The Hall–Kier alpha value is -3.41. The van der Waals surface area contributed by atoms with E-state index < -0.39 is 44.7 Å². The van der Waals surface area contributed by atoms with E-state index in [1.807, 2.05) is 43.4 Å². The second kappa shape index (κ2) is 39.4. The average molecular weight is 818 g/mol. The molecule has 0 rings (SSSR count). The number of carbonyl (C=O) groups is 2. The Labute approximate surface area is 343 Å². The van der Waals surface area contributed by atoms with Crippen LogP contribution in [-0.4, -0.2) is 71.7 Å². The van der Waals surface area contributed by atoms with Gasteiger partial charge in [-0.1, -0.05) is 142 Å². The Morgan fingerprint density at radius 1 is 0.614 bits per heavy atom. The van der Waals surface area contributed by atoms with E-state index >= 15 is 0 Å². The molecular formula is C45H72NO10P. The molecule has 11 nitrogen and oxygen atoms in total. The van der Waals surface area contributed by atoms with Crippen LogP contribution in [0.4, 0.5) is 0 Å². The maximum atomic E-state index is 12.5. The molecule has 0 saturated heterocycles. The number of aliphatic hydroxyl groups excluding tert-OH is 2. The number of ether oxygens (including phenoxy) is 2. The molecule has 0 aliphatic heterocycles. The van der Waals surface area contributed by atoms with Crippen LogP contribution in [0.2, 0.25) is 0 Å². The highest BCUT2D eigenvalue weighted by atomic mass is 31.2. The second-order valence-electron chi connectivity index (χ2n) is 13.1. The first-order valence-electron chi connectivity index (χ1n) is 20.6. The van der Waals surface area contributed by atoms with Crippen molar-refractivity contribution in [3.05, 3.63) is 109 Å². The lowest BCUT2D eigenvalue weighted by molar-refractivity contribution is -0.161. The number of allylic oxidation sites excluding steroid dienone is 14. The van der Waals surface area contributed by atoms with Crippen molar-refractivity contribution >= 4 is 19.8 Å². The number of phosphoric ester groups is 1. The van der Waals surface area contributed by atoms with Crippen molar-refractivity contribution in [1.29, 1.82) is 0 Å². The van der Waals surface area contributed by atoms with Gasteiger partial charge in [-0.3, -0.25) is 18.6 Å². The smallest absolute Gasteiger partial charge is 0.462 e. The number of esters is 2. The van der Waals surface area contributed by atoms with Gasteiger partial charge in [-0.2, -0.15) is 0 Å². The van der Waals surface area contributed by atoms with Crippen molar-refractivity contribution in [2.45, 2.75) is 135 Å². The third kappa shape index (κ3) is 39.2. The number of hydrogen-bond donors (Lipinski definition) is 4. The van der Waals surface area contributed by atoms with Gasteiger partial charge in [0.1, 0.15) is 6.61 Å². The third-order valence-electron chi connectivity index (χ3n) is 7.83. The normalized spacial score (nSPS) is 15.5. The average Bonchev–Trinajstić information content (AvgIpc) is 3.19. The van der Waals surface area contributed by atoms with Gasteiger partial charge in [0.05, 0.1) is 25.4 Å².